The number of nitrogen functional groups attached to an aromatic ring is 1. The van der Waals surface area contributed by atoms with Crippen molar-refractivity contribution in [3.05, 3.63) is 62.3 Å². The molecular formula is C20H28N4O3. The number of likely N-dealkylation sites (N-methyl/N-ethyl adjacent to an activating group) is 1. The summed E-state index contributed by atoms with van der Waals surface area (Å²) in [4.78, 5) is 39.7. The van der Waals surface area contributed by atoms with Crippen molar-refractivity contribution in [3.8, 4) is 0 Å². The molecule has 1 heterocycles. The largest absolute Gasteiger partial charge is 0.384 e. The third kappa shape index (κ3) is 4.74. The van der Waals surface area contributed by atoms with Crippen molar-refractivity contribution in [2.45, 2.75) is 33.9 Å². The van der Waals surface area contributed by atoms with E-state index in [1.54, 1.807) is 0 Å². The van der Waals surface area contributed by atoms with Gasteiger partial charge in [0.2, 0.25) is 0 Å². The number of hydrogen-bond acceptors (Lipinski definition) is 5. The smallest absolute Gasteiger partial charge is 0.332 e. The standard InChI is InChI=1S/C20H28N4O3/c1-5-23(12-15-9-7-6-8-10-15)13-16(25)17-18(21)24(11-14(2)3)20(27)22(4)19(17)26/h6-10,14H,5,11-13,21H2,1-4H3. The molecule has 27 heavy (non-hydrogen) atoms. The lowest BCUT2D eigenvalue weighted by Gasteiger charge is -2.21. The molecule has 0 bridgehead atoms. The lowest BCUT2D eigenvalue weighted by atomic mass is 10.1. The Morgan fingerprint density at radius 1 is 1.19 bits per heavy atom. The number of rotatable bonds is 8. The summed E-state index contributed by atoms with van der Waals surface area (Å²) in [5.41, 5.74) is 5.92. The second-order valence-corrected chi connectivity index (χ2v) is 7.12. The molecule has 0 saturated heterocycles. The highest BCUT2D eigenvalue weighted by molar-refractivity contribution is 6.01. The maximum Gasteiger partial charge on any atom is 0.332 e. The quantitative estimate of drug-likeness (QED) is 0.709. The molecule has 7 nitrogen and oxygen atoms in total. The van der Waals surface area contributed by atoms with Gasteiger partial charge in [-0.15, -0.1) is 0 Å². The molecule has 7 heteroatoms. The zero-order chi connectivity index (χ0) is 20.1. The van der Waals surface area contributed by atoms with E-state index in [1.165, 1.54) is 11.6 Å². The molecule has 0 fully saturated rings. The number of aromatic nitrogens is 2. The van der Waals surface area contributed by atoms with E-state index in [1.807, 2.05) is 56.0 Å². The molecule has 0 aliphatic carbocycles. The van der Waals surface area contributed by atoms with Crippen molar-refractivity contribution in [1.82, 2.24) is 14.0 Å². The van der Waals surface area contributed by atoms with Crippen LogP contribution in [0.25, 0.3) is 0 Å². The number of benzene rings is 1. The zero-order valence-corrected chi connectivity index (χ0v) is 16.4. The molecule has 2 rings (SSSR count). The van der Waals surface area contributed by atoms with Gasteiger partial charge in [0, 0.05) is 20.1 Å². The van der Waals surface area contributed by atoms with E-state index in [2.05, 4.69) is 0 Å². The van der Waals surface area contributed by atoms with Gasteiger partial charge in [-0.2, -0.15) is 0 Å². The first kappa shape index (κ1) is 20.6. The summed E-state index contributed by atoms with van der Waals surface area (Å²) in [6.07, 6.45) is 0. The summed E-state index contributed by atoms with van der Waals surface area (Å²) in [6, 6.07) is 9.81. The number of hydrogen-bond donors (Lipinski definition) is 1. The summed E-state index contributed by atoms with van der Waals surface area (Å²) >= 11 is 0. The molecule has 0 saturated carbocycles. The number of anilines is 1. The van der Waals surface area contributed by atoms with Crippen molar-refractivity contribution in [2.24, 2.45) is 13.0 Å². The second-order valence-electron chi connectivity index (χ2n) is 7.12. The van der Waals surface area contributed by atoms with Gasteiger partial charge in [-0.1, -0.05) is 51.1 Å². The molecule has 0 amide bonds. The maximum absolute atomic E-state index is 12.9. The number of ketones is 1. The molecule has 1 aromatic carbocycles. The van der Waals surface area contributed by atoms with E-state index in [4.69, 9.17) is 5.73 Å². The van der Waals surface area contributed by atoms with Crippen molar-refractivity contribution in [3.63, 3.8) is 0 Å². The fourth-order valence-electron chi connectivity index (χ4n) is 2.99. The topological polar surface area (TPSA) is 90.3 Å². The Bertz CT molecular complexity index is 913. The third-order valence-electron chi connectivity index (χ3n) is 4.47. The number of carbonyl (C=O) groups excluding carboxylic acids is 1. The van der Waals surface area contributed by atoms with Crippen LogP contribution in [0.4, 0.5) is 5.82 Å². The van der Waals surface area contributed by atoms with Crippen LogP contribution in [0.15, 0.2) is 39.9 Å². The number of carbonyl (C=O) groups is 1. The molecule has 1 aromatic heterocycles. The van der Waals surface area contributed by atoms with Crippen LogP contribution in [-0.2, 0) is 20.1 Å². The van der Waals surface area contributed by atoms with E-state index in [9.17, 15) is 14.4 Å². The van der Waals surface area contributed by atoms with Gasteiger partial charge < -0.3 is 5.73 Å². The Morgan fingerprint density at radius 2 is 1.81 bits per heavy atom. The predicted molar refractivity (Wildman–Crippen MR) is 107 cm³/mol. The van der Waals surface area contributed by atoms with Crippen LogP contribution in [0.2, 0.25) is 0 Å². The van der Waals surface area contributed by atoms with E-state index >= 15 is 0 Å². The van der Waals surface area contributed by atoms with Gasteiger partial charge in [0.25, 0.3) is 5.56 Å². The minimum Gasteiger partial charge on any atom is -0.384 e. The first-order valence-electron chi connectivity index (χ1n) is 9.15. The first-order valence-corrected chi connectivity index (χ1v) is 9.15. The first-order chi connectivity index (χ1) is 12.8. The van der Waals surface area contributed by atoms with Crippen LogP contribution in [0.1, 0.15) is 36.7 Å². The van der Waals surface area contributed by atoms with Crippen molar-refractivity contribution in [2.75, 3.05) is 18.8 Å². The van der Waals surface area contributed by atoms with Crippen LogP contribution in [0.5, 0.6) is 0 Å². The highest BCUT2D eigenvalue weighted by Crippen LogP contribution is 2.11. The minimum atomic E-state index is -0.640. The Morgan fingerprint density at radius 3 is 2.37 bits per heavy atom. The van der Waals surface area contributed by atoms with Gasteiger partial charge in [-0.3, -0.25) is 23.6 Å². The Hall–Kier alpha value is -2.67. The molecule has 2 aromatic rings. The molecule has 146 valence electrons. The number of nitrogens with two attached hydrogens (primary N) is 1. The predicted octanol–water partition coefficient (Wildman–Crippen LogP) is 1.49. The average Bonchev–Trinajstić information content (AvgIpc) is 2.63. The summed E-state index contributed by atoms with van der Waals surface area (Å²) in [7, 11) is 1.37. The summed E-state index contributed by atoms with van der Waals surface area (Å²) in [5.74, 6) is -0.267. The van der Waals surface area contributed by atoms with E-state index in [0.717, 1.165) is 10.1 Å². The molecule has 0 spiro atoms. The normalized spacial score (nSPS) is 11.3. The van der Waals surface area contributed by atoms with E-state index in [0.29, 0.717) is 19.6 Å². The summed E-state index contributed by atoms with van der Waals surface area (Å²) < 4.78 is 2.27. The van der Waals surface area contributed by atoms with Crippen LogP contribution in [0, 0.1) is 5.92 Å². The fraction of sp³-hybridized carbons (Fsp3) is 0.450. The SMILES string of the molecule is CCN(CC(=O)c1c(N)n(CC(C)C)c(=O)n(C)c1=O)Cc1ccccc1. The highest BCUT2D eigenvalue weighted by Gasteiger charge is 2.23. The summed E-state index contributed by atoms with van der Waals surface area (Å²) in [5, 5.41) is 0. The lowest BCUT2D eigenvalue weighted by molar-refractivity contribution is 0.0927. The van der Waals surface area contributed by atoms with Gasteiger partial charge >= 0.3 is 5.69 Å². The van der Waals surface area contributed by atoms with Crippen molar-refractivity contribution >= 4 is 11.6 Å². The van der Waals surface area contributed by atoms with Gasteiger partial charge in [-0.05, 0) is 18.0 Å². The lowest BCUT2D eigenvalue weighted by Crippen LogP contribution is -2.44. The second kappa shape index (κ2) is 8.81. The number of Topliss-reactive ketones (excluding diaryl/α,β-unsaturated/α-hetero) is 1. The zero-order valence-electron chi connectivity index (χ0n) is 16.4. The average molecular weight is 372 g/mol. The molecule has 0 aliphatic heterocycles. The molecule has 2 N–H and O–H groups in total. The van der Waals surface area contributed by atoms with Crippen LogP contribution in [-0.4, -0.2) is 32.9 Å². The van der Waals surface area contributed by atoms with Gasteiger partial charge in [-0.25, -0.2) is 4.79 Å². The summed E-state index contributed by atoms with van der Waals surface area (Å²) in [6.45, 7) is 7.48. The van der Waals surface area contributed by atoms with Gasteiger partial charge in [0.1, 0.15) is 11.4 Å². The van der Waals surface area contributed by atoms with E-state index < -0.39 is 11.2 Å². The van der Waals surface area contributed by atoms with Gasteiger partial charge in [0.05, 0.1) is 6.54 Å². The molecule has 0 aliphatic rings. The van der Waals surface area contributed by atoms with E-state index in [-0.39, 0.29) is 29.6 Å². The van der Waals surface area contributed by atoms with Crippen LogP contribution in [0.3, 0.4) is 0 Å². The molecule has 0 unspecified atom stereocenters. The molecule has 0 radical (unpaired) electrons. The Balaban J connectivity index is 2.36. The number of nitrogens with zero attached hydrogens (tertiary/aromatic N) is 3. The van der Waals surface area contributed by atoms with Crippen LogP contribution < -0.4 is 17.0 Å². The maximum atomic E-state index is 12.9. The van der Waals surface area contributed by atoms with Crippen molar-refractivity contribution in [1.29, 1.82) is 0 Å². The fourth-order valence-corrected chi connectivity index (χ4v) is 2.99. The molecular weight excluding hydrogens is 344 g/mol. The monoisotopic (exact) mass is 372 g/mol. The van der Waals surface area contributed by atoms with Crippen molar-refractivity contribution < 1.29 is 4.79 Å². The Kier molecular flexibility index (Phi) is 6.74. The molecule has 0 atom stereocenters. The highest BCUT2D eigenvalue weighted by atomic mass is 16.2. The third-order valence-corrected chi connectivity index (χ3v) is 4.47. The Labute approximate surface area is 159 Å². The van der Waals surface area contributed by atoms with Gasteiger partial charge in [0.15, 0.2) is 5.78 Å². The minimum absolute atomic E-state index is 0.0439. The van der Waals surface area contributed by atoms with Crippen LogP contribution >= 0.6 is 0 Å².